The number of aromatic nitrogens is 2. The number of carbonyl (C=O) groups is 1. The molecule has 2 aromatic carbocycles. The first-order valence-electron chi connectivity index (χ1n) is 8.73. The lowest BCUT2D eigenvalue weighted by Gasteiger charge is -2.09. The van der Waals surface area contributed by atoms with Crippen molar-refractivity contribution in [1.29, 1.82) is 0 Å². The quantitative estimate of drug-likeness (QED) is 0.713. The van der Waals surface area contributed by atoms with Crippen molar-refractivity contribution in [2.24, 2.45) is 0 Å². The van der Waals surface area contributed by atoms with Crippen LogP contribution in [0.3, 0.4) is 0 Å². The lowest BCUT2D eigenvalue weighted by Crippen LogP contribution is -2.22. The van der Waals surface area contributed by atoms with Crippen molar-refractivity contribution in [3.63, 3.8) is 0 Å². The molecule has 0 saturated carbocycles. The molecule has 140 valence electrons. The molecule has 3 aromatic rings. The molecule has 3 rings (SSSR count). The zero-order chi connectivity index (χ0) is 19.4. The Kier molecular flexibility index (Phi) is 5.86. The summed E-state index contributed by atoms with van der Waals surface area (Å²) in [7, 11) is -1.04. The first kappa shape index (κ1) is 19.0. The van der Waals surface area contributed by atoms with Crippen LogP contribution in [0.25, 0.3) is 0 Å². The Morgan fingerprint density at radius 3 is 2.41 bits per heavy atom. The number of carbonyl (C=O) groups excluding carboxylic acids is 1. The predicted octanol–water partition coefficient (Wildman–Crippen LogP) is 3.22. The Hall–Kier alpha value is -2.73. The molecule has 0 saturated heterocycles. The van der Waals surface area contributed by atoms with Crippen LogP contribution in [0.1, 0.15) is 32.9 Å². The highest BCUT2D eigenvalue weighted by atomic mass is 32.2. The van der Waals surface area contributed by atoms with Gasteiger partial charge in [0.2, 0.25) is 0 Å². The monoisotopic (exact) mass is 381 g/mol. The Morgan fingerprint density at radius 2 is 1.78 bits per heavy atom. The van der Waals surface area contributed by atoms with Crippen LogP contribution in [0.2, 0.25) is 0 Å². The van der Waals surface area contributed by atoms with Crippen LogP contribution in [0.15, 0.2) is 59.5 Å². The summed E-state index contributed by atoms with van der Waals surface area (Å²) in [5.41, 5.74) is 4.87. The minimum Gasteiger partial charge on any atom is -0.348 e. The van der Waals surface area contributed by atoms with Crippen LogP contribution in [0, 0.1) is 13.8 Å². The van der Waals surface area contributed by atoms with Crippen molar-refractivity contribution >= 4 is 16.7 Å². The van der Waals surface area contributed by atoms with Gasteiger partial charge in [-0.2, -0.15) is 5.10 Å². The molecule has 1 heterocycles. The molecule has 0 bridgehead atoms. The SMILES string of the molecule is Cc1cc(C)n(Cc2cccc(CNC(=O)c3ccc(S(C)=O)cc3)c2)n1. The van der Waals surface area contributed by atoms with Crippen molar-refractivity contribution in [3.05, 3.63) is 82.7 Å². The summed E-state index contributed by atoms with van der Waals surface area (Å²) in [4.78, 5) is 13.0. The summed E-state index contributed by atoms with van der Waals surface area (Å²) in [6.07, 6.45) is 1.62. The van der Waals surface area contributed by atoms with E-state index < -0.39 is 10.8 Å². The first-order chi connectivity index (χ1) is 12.9. The fraction of sp³-hybridized carbons (Fsp3) is 0.238. The smallest absolute Gasteiger partial charge is 0.251 e. The van der Waals surface area contributed by atoms with E-state index in [0.717, 1.165) is 22.5 Å². The molecule has 1 atom stereocenters. The Morgan fingerprint density at radius 1 is 1.07 bits per heavy atom. The van der Waals surface area contributed by atoms with E-state index in [1.54, 1.807) is 30.5 Å². The molecule has 6 heteroatoms. The minimum absolute atomic E-state index is 0.146. The van der Waals surface area contributed by atoms with Gasteiger partial charge in [0.1, 0.15) is 0 Å². The van der Waals surface area contributed by atoms with Gasteiger partial charge in [0.05, 0.1) is 12.2 Å². The molecule has 0 aliphatic carbocycles. The minimum atomic E-state index is -1.04. The molecule has 1 unspecified atom stereocenters. The third-order valence-electron chi connectivity index (χ3n) is 4.33. The fourth-order valence-electron chi connectivity index (χ4n) is 2.93. The molecular formula is C21H23N3O2S. The Balaban J connectivity index is 1.63. The van der Waals surface area contributed by atoms with E-state index in [1.165, 1.54) is 0 Å². The zero-order valence-electron chi connectivity index (χ0n) is 15.7. The van der Waals surface area contributed by atoms with Crippen LogP contribution < -0.4 is 5.32 Å². The van der Waals surface area contributed by atoms with Gasteiger partial charge in [0.15, 0.2) is 0 Å². The van der Waals surface area contributed by atoms with Gasteiger partial charge in [-0.15, -0.1) is 0 Å². The van der Waals surface area contributed by atoms with E-state index in [2.05, 4.69) is 28.6 Å². The predicted molar refractivity (Wildman–Crippen MR) is 107 cm³/mol. The number of nitrogens with zero attached hydrogens (tertiary/aromatic N) is 2. The molecular weight excluding hydrogens is 358 g/mol. The molecule has 27 heavy (non-hydrogen) atoms. The number of hydrogen-bond acceptors (Lipinski definition) is 3. The molecule has 1 aromatic heterocycles. The molecule has 5 nitrogen and oxygen atoms in total. The second-order valence-corrected chi connectivity index (χ2v) is 7.95. The summed E-state index contributed by atoms with van der Waals surface area (Å²) in [5.74, 6) is -0.146. The van der Waals surface area contributed by atoms with Crippen LogP contribution in [0.4, 0.5) is 0 Å². The van der Waals surface area contributed by atoms with Crippen molar-refractivity contribution in [1.82, 2.24) is 15.1 Å². The maximum atomic E-state index is 12.3. The lowest BCUT2D eigenvalue weighted by atomic mass is 10.1. The van der Waals surface area contributed by atoms with Crippen LogP contribution in [0.5, 0.6) is 0 Å². The standard InChI is InChI=1S/C21H23N3O2S/c1-15-11-16(2)24(23-15)14-18-6-4-5-17(12-18)13-22-21(25)19-7-9-20(10-8-19)27(3)26/h4-12H,13-14H2,1-3H3,(H,22,25). The van der Waals surface area contributed by atoms with E-state index in [9.17, 15) is 9.00 Å². The largest absolute Gasteiger partial charge is 0.348 e. The third kappa shape index (κ3) is 4.92. The first-order valence-corrected chi connectivity index (χ1v) is 10.3. The molecule has 0 spiro atoms. The number of nitrogens with one attached hydrogen (secondary N) is 1. The maximum Gasteiger partial charge on any atom is 0.251 e. The zero-order valence-corrected chi connectivity index (χ0v) is 16.5. The fourth-order valence-corrected chi connectivity index (χ4v) is 3.45. The molecule has 0 aliphatic rings. The highest BCUT2D eigenvalue weighted by molar-refractivity contribution is 7.84. The van der Waals surface area contributed by atoms with E-state index in [0.29, 0.717) is 23.5 Å². The van der Waals surface area contributed by atoms with Gasteiger partial charge < -0.3 is 5.32 Å². The van der Waals surface area contributed by atoms with E-state index in [1.807, 2.05) is 30.7 Å². The number of rotatable bonds is 6. The van der Waals surface area contributed by atoms with E-state index in [-0.39, 0.29) is 5.91 Å². The maximum absolute atomic E-state index is 12.3. The molecule has 1 amide bonds. The van der Waals surface area contributed by atoms with Gasteiger partial charge >= 0.3 is 0 Å². The summed E-state index contributed by atoms with van der Waals surface area (Å²) in [6.45, 7) is 5.19. The molecule has 0 radical (unpaired) electrons. The Labute approximate surface area is 161 Å². The number of aryl methyl sites for hydroxylation is 2. The van der Waals surface area contributed by atoms with E-state index >= 15 is 0 Å². The van der Waals surface area contributed by atoms with Crippen molar-refractivity contribution in [3.8, 4) is 0 Å². The molecule has 0 aliphatic heterocycles. The highest BCUT2D eigenvalue weighted by Crippen LogP contribution is 2.11. The van der Waals surface area contributed by atoms with Gasteiger partial charge in [-0.3, -0.25) is 13.7 Å². The lowest BCUT2D eigenvalue weighted by molar-refractivity contribution is 0.0951. The van der Waals surface area contributed by atoms with Crippen molar-refractivity contribution in [2.75, 3.05) is 6.26 Å². The Bertz CT molecular complexity index is 977. The summed E-state index contributed by atoms with van der Waals surface area (Å²) in [5, 5.41) is 7.43. The van der Waals surface area contributed by atoms with Crippen molar-refractivity contribution in [2.45, 2.75) is 31.8 Å². The van der Waals surface area contributed by atoms with Crippen molar-refractivity contribution < 1.29 is 9.00 Å². The van der Waals surface area contributed by atoms with Crippen LogP contribution >= 0.6 is 0 Å². The van der Waals surface area contributed by atoms with Crippen LogP contribution in [-0.4, -0.2) is 26.2 Å². The summed E-state index contributed by atoms with van der Waals surface area (Å²) < 4.78 is 13.4. The van der Waals surface area contributed by atoms with Gasteiger partial charge in [0.25, 0.3) is 5.91 Å². The number of amides is 1. The summed E-state index contributed by atoms with van der Waals surface area (Å²) >= 11 is 0. The topological polar surface area (TPSA) is 64.0 Å². The number of benzene rings is 2. The van der Waals surface area contributed by atoms with Gasteiger partial charge in [-0.25, -0.2) is 0 Å². The number of hydrogen-bond donors (Lipinski definition) is 1. The summed E-state index contributed by atoms with van der Waals surface area (Å²) in [6, 6.07) is 17.0. The average molecular weight is 382 g/mol. The second kappa shape index (κ2) is 8.31. The highest BCUT2D eigenvalue weighted by Gasteiger charge is 2.07. The third-order valence-corrected chi connectivity index (χ3v) is 5.26. The normalized spacial score (nSPS) is 12.0. The van der Waals surface area contributed by atoms with Gasteiger partial charge in [0, 0.05) is 39.8 Å². The second-order valence-electron chi connectivity index (χ2n) is 6.57. The molecule has 0 fully saturated rings. The van der Waals surface area contributed by atoms with Gasteiger partial charge in [-0.05, 0) is 55.3 Å². The average Bonchev–Trinajstić information content (AvgIpc) is 2.97. The van der Waals surface area contributed by atoms with Crippen LogP contribution in [-0.2, 0) is 23.9 Å². The molecule has 1 N–H and O–H groups in total. The van der Waals surface area contributed by atoms with Gasteiger partial charge in [-0.1, -0.05) is 24.3 Å². The van der Waals surface area contributed by atoms with E-state index in [4.69, 9.17) is 0 Å².